The average molecular weight is 286 g/mol. The minimum absolute atomic E-state index is 0.0171. The molecule has 1 aromatic rings. The molecule has 2 N–H and O–H groups in total. The molecule has 0 spiro atoms. The highest BCUT2D eigenvalue weighted by Crippen LogP contribution is 2.48. The molecule has 0 aliphatic heterocycles. The molecule has 0 aromatic carbocycles. The summed E-state index contributed by atoms with van der Waals surface area (Å²) in [7, 11) is 0. The van der Waals surface area contributed by atoms with Crippen molar-refractivity contribution in [3.8, 4) is 0 Å². The van der Waals surface area contributed by atoms with Gasteiger partial charge in [-0.2, -0.15) is 0 Å². The van der Waals surface area contributed by atoms with Crippen molar-refractivity contribution in [1.82, 2.24) is 10.3 Å². The number of hydrogen-bond donors (Lipinski definition) is 2. The zero-order valence-electron chi connectivity index (χ0n) is 11.6. The number of nitrogens with one attached hydrogen (secondary N) is 1. The van der Waals surface area contributed by atoms with Gasteiger partial charge in [0, 0.05) is 18.9 Å². The number of rotatable bonds is 5. The maximum absolute atomic E-state index is 12.3. The molecule has 1 amide bonds. The first kappa shape index (κ1) is 13.8. The first-order valence-corrected chi connectivity index (χ1v) is 7.24. The van der Waals surface area contributed by atoms with E-state index in [1.165, 1.54) is 0 Å². The largest absolute Gasteiger partial charge is 0.481 e. The Balaban J connectivity index is 1.58. The Bertz CT molecular complexity index is 570. The van der Waals surface area contributed by atoms with Crippen LogP contribution in [0.25, 0.3) is 0 Å². The lowest BCUT2D eigenvalue weighted by molar-refractivity contribution is -0.147. The molecule has 4 atom stereocenters. The fourth-order valence-electron chi connectivity index (χ4n) is 3.51. The van der Waals surface area contributed by atoms with Gasteiger partial charge in [-0.25, -0.2) is 0 Å². The van der Waals surface area contributed by atoms with Gasteiger partial charge >= 0.3 is 5.97 Å². The van der Waals surface area contributed by atoms with Crippen molar-refractivity contribution in [2.45, 2.75) is 12.8 Å². The van der Waals surface area contributed by atoms with Gasteiger partial charge in [0.2, 0.25) is 5.91 Å². The summed E-state index contributed by atoms with van der Waals surface area (Å²) in [4.78, 5) is 27.6. The standard InChI is InChI=1S/C16H18N2O3/c19-15(18-8-5-10-3-6-17-7-4-10)13-11-1-2-12(9-11)14(13)16(20)21/h1-4,6-7,11-14H,5,8-9H2,(H,18,19)(H,20,21)/t11-,12+,13+,14+/m1/s1. The Hall–Kier alpha value is -2.17. The zero-order chi connectivity index (χ0) is 14.8. The van der Waals surface area contributed by atoms with E-state index in [0.29, 0.717) is 6.54 Å². The molecule has 5 nitrogen and oxygen atoms in total. The summed E-state index contributed by atoms with van der Waals surface area (Å²) >= 11 is 0. The number of carboxylic acid groups (broad SMARTS) is 1. The molecular formula is C16H18N2O3. The Morgan fingerprint density at radius 1 is 1.19 bits per heavy atom. The van der Waals surface area contributed by atoms with E-state index < -0.39 is 17.8 Å². The predicted octanol–water partition coefficient (Wildman–Crippen LogP) is 1.26. The molecule has 1 fully saturated rings. The smallest absolute Gasteiger partial charge is 0.307 e. The Kier molecular flexibility index (Phi) is 3.73. The molecule has 5 heteroatoms. The third kappa shape index (κ3) is 2.68. The van der Waals surface area contributed by atoms with Gasteiger partial charge in [0.15, 0.2) is 0 Å². The SMILES string of the molecule is O=C(NCCc1ccncc1)[C@@H]1[C@@H](C(=O)O)[C@H]2C=C[C@@H]1C2. The second-order valence-electron chi connectivity index (χ2n) is 5.73. The van der Waals surface area contributed by atoms with Gasteiger partial charge in [0.25, 0.3) is 0 Å². The van der Waals surface area contributed by atoms with Crippen molar-refractivity contribution >= 4 is 11.9 Å². The van der Waals surface area contributed by atoms with E-state index in [4.69, 9.17) is 0 Å². The van der Waals surface area contributed by atoms with Gasteiger partial charge in [-0.05, 0) is 42.4 Å². The molecular weight excluding hydrogens is 268 g/mol. The molecule has 2 bridgehead atoms. The number of aliphatic carboxylic acids is 1. The van der Waals surface area contributed by atoms with Crippen LogP contribution in [0, 0.1) is 23.7 Å². The van der Waals surface area contributed by atoms with E-state index in [1.54, 1.807) is 12.4 Å². The summed E-state index contributed by atoms with van der Waals surface area (Å²) in [6, 6.07) is 3.82. The number of amides is 1. The fraction of sp³-hybridized carbons (Fsp3) is 0.438. The van der Waals surface area contributed by atoms with Crippen LogP contribution in [0.15, 0.2) is 36.7 Å². The topological polar surface area (TPSA) is 79.3 Å². The quantitative estimate of drug-likeness (QED) is 0.799. The molecule has 1 aromatic heterocycles. The molecule has 110 valence electrons. The first-order chi connectivity index (χ1) is 10.2. The average Bonchev–Trinajstić information content (AvgIpc) is 3.08. The monoisotopic (exact) mass is 286 g/mol. The Labute approximate surface area is 123 Å². The van der Waals surface area contributed by atoms with Crippen LogP contribution < -0.4 is 5.32 Å². The third-order valence-electron chi connectivity index (χ3n) is 4.51. The lowest BCUT2D eigenvalue weighted by atomic mass is 9.82. The summed E-state index contributed by atoms with van der Waals surface area (Å²) in [6.07, 6.45) is 8.90. The van der Waals surface area contributed by atoms with E-state index in [1.807, 2.05) is 24.3 Å². The molecule has 0 unspecified atom stereocenters. The van der Waals surface area contributed by atoms with Crippen LogP contribution in [0.1, 0.15) is 12.0 Å². The van der Waals surface area contributed by atoms with Crippen LogP contribution in [-0.2, 0) is 16.0 Å². The number of fused-ring (bicyclic) bond motifs is 2. The van der Waals surface area contributed by atoms with Gasteiger partial charge < -0.3 is 10.4 Å². The number of carbonyl (C=O) groups is 2. The van der Waals surface area contributed by atoms with Crippen molar-refractivity contribution in [3.63, 3.8) is 0 Å². The van der Waals surface area contributed by atoms with Crippen molar-refractivity contribution < 1.29 is 14.7 Å². The van der Waals surface area contributed by atoms with Gasteiger partial charge in [-0.1, -0.05) is 12.2 Å². The highest BCUT2D eigenvalue weighted by molar-refractivity contribution is 5.86. The summed E-state index contributed by atoms with van der Waals surface area (Å²) in [5, 5.41) is 12.2. The maximum Gasteiger partial charge on any atom is 0.307 e. The van der Waals surface area contributed by atoms with Crippen LogP contribution in [0.2, 0.25) is 0 Å². The number of carboxylic acids is 1. The van der Waals surface area contributed by atoms with Gasteiger partial charge in [-0.3, -0.25) is 14.6 Å². The van der Waals surface area contributed by atoms with E-state index in [0.717, 1.165) is 18.4 Å². The molecule has 2 aliphatic rings. The Morgan fingerprint density at radius 3 is 2.52 bits per heavy atom. The Morgan fingerprint density at radius 2 is 1.86 bits per heavy atom. The van der Waals surface area contributed by atoms with E-state index in [9.17, 15) is 14.7 Å². The lowest BCUT2D eigenvalue weighted by Crippen LogP contribution is -2.40. The maximum atomic E-state index is 12.3. The molecule has 2 aliphatic carbocycles. The lowest BCUT2D eigenvalue weighted by Gasteiger charge is -2.23. The molecule has 3 rings (SSSR count). The normalized spacial score (nSPS) is 29.5. The van der Waals surface area contributed by atoms with E-state index in [2.05, 4.69) is 10.3 Å². The van der Waals surface area contributed by atoms with Crippen molar-refractivity contribution in [3.05, 3.63) is 42.2 Å². The van der Waals surface area contributed by atoms with Crippen molar-refractivity contribution in [2.24, 2.45) is 23.7 Å². The highest BCUT2D eigenvalue weighted by atomic mass is 16.4. The molecule has 0 saturated heterocycles. The first-order valence-electron chi connectivity index (χ1n) is 7.24. The summed E-state index contributed by atoms with van der Waals surface area (Å²) in [5.74, 6) is -1.88. The molecule has 1 saturated carbocycles. The third-order valence-corrected chi connectivity index (χ3v) is 4.51. The second-order valence-corrected chi connectivity index (χ2v) is 5.73. The molecule has 0 radical (unpaired) electrons. The van der Waals surface area contributed by atoms with Gasteiger partial charge in [-0.15, -0.1) is 0 Å². The minimum atomic E-state index is -0.860. The van der Waals surface area contributed by atoms with E-state index >= 15 is 0 Å². The van der Waals surface area contributed by atoms with Crippen molar-refractivity contribution in [1.29, 1.82) is 0 Å². The zero-order valence-corrected chi connectivity index (χ0v) is 11.6. The van der Waals surface area contributed by atoms with Crippen LogP contribution in [0.3, 0.4) is 0 Å². The molecule has 21 heavy (non-hydrogen) atoms. The minimum Gasteiger partial charge on any atom is -0.481 e. The highest BCUT2D eigenvalue weighted by Gasteiger charge is 2.51. The predicted molar refractivity (Wildman–Crippen MR) is 76.3 cm³/mol. The van der Waals surface area contributed by atoms with Crippen molar-refractivity contribution in [2.75, 3.05) is 6.54 Å². The van der Waals surface area contributed by atoms with E-state index in [-0.39, 0.29) is 17.7 Å². The van der Waals surface area contributed by atoms with Crippen LogP contribution in [-0.4, -0.2) is 28.5 Å². The van der Waals surface area contributed by atoms with Gasteiger partial charge in [0.05, 0.1) is 11.8 Å². The summed E-state index contributed by atoms with van der Waals surface area (Å²) in [6.45, 7) is 0.521. The number of hydrogen-bond acceptors (Lipinski definition) is 3. The number of pyridine rings is 1. The second kappa shape index (κ2) is 5.68. The summed E-state index contributed by atoms with van der Waals surface area (Å²) in [5.41, 5.74) is 1.10. The van der Waals surface area contributed by atoms with Crippen LogP contribution in [0.4, 0.5) is 0 Å². The number of nitrogens with zero attached hydrogens (tertiary/aromatic N) is 1. The number of aromatic nitrogens is 1. The summed E-state index contributed by atoms with van der Waals surface area (Å²) < 4.78 is 0. The van der Waals surface area contributed by atoms with Crippen LogP contribution >= 0.6 is 0 Å². The number of carbonyl (C=O) groups excluding carboxylic acids is 1. The molecule has 1 heterocycles. The number of allylic oxidation sites excluding steroid dienone is 2. The van der Waals surface area contributed by atoms with Crippen LogP contribution in [0.5, 0.6) is 0 Å². The van der Waals surface area contributed by atoms with Gasteiger partial charge in [0.1, 0.15) is 0 Å². The fourth-order valence-corrected chi connectivity index (χ4v) is 3.51.